The Balaban J connectivity index is 2.86. The van der Waals surface area contributed by atoms with Crippen LogP contribution in [0.4, 0.5) is 5.69 Å². The Morgan fingerprint density at radius 2 is 2.18 bits per heavy atom. The van der Waals surface area contributed by atoms with Crippen LogP contribution >= 0.6 is 12.6 Å². The highest BCUT2D eigenvalue weighted by atomic mass is 32.1. The second-order valence-corrected chi connectivity index (χ2v) is 4.06. The minimum absolute atomic E-state index is 0.0145. The summed E-state index contributed by atoms with van der Waals surface area (Å²) >= 11 is 4.14. The molecule has 0 spiro atoms. The van der Waals surface area contributed by atoms with Crippen LogP contribution in [0.1, 0.15) is 6.92 Å². The van der Waals surface area contributed by atoms with Crippen LogP contribution in [0.3, 0.4) is 0 Å². The molecule has 1 atom stereocenters. The largest absolute Gasteiger partial charge is 0.493 e. The highest BCUT2D eigenvalue weighted by Gasteiger charge is 2.13. The van der Waals surface area contributed by atoms with Crippen LogP contribution < -0.4 is 9.47 Å². The molecule has 0 aromatic heterocycles. The van der Waals surface area contributed by atoms with E-state index in [1.807, 2.05) is 6.92 Å². The van der Waals surface area contributed by atoms with Gasteiger partial charge in [0, 0.05) is 6.07 Å². The molecule has 0 aliphatic rings. The molecular formula is C11H15NO4S. The molecule has 0 amide bonds. The van der Waals surface area contributed by atoms with E-state index in [0.29, 0.717) is 23.9 Å². The summed E-state index contributed by atoms with van der Waals surface area (Å²) in [5.41, 5.74) is -0.0145. The van der Waals surface area contributed by atoms with Gasteiger partial charge in [0.2, 0.25) is 0 Å². The molecule has 0 radical (unpaired) electrons. The van der Waals surface area contributed by atoms with E-state index in [9.17, 15) is 10.1 Å². The van der Waals surface area contributed by atoms with E-state index in [2.05, 4.69) is 12.6 Å². The third-order valence-electron chi connectivity index (χ3n) is 2.19. The van der Waals surface area contributed by atoms with Crippen molar-refractivity contribution in [1.29, 1.82) is 0 Å². The molecule has 1 unspecified atom stereocenters. The van der Waals surface area contributed by atoms with E-state index in [0.717, 1.165) is 0 Å². The first kappa shape index (κ1) is 13.6. The standard InChI is InChI=1S/C11H15NO4S/c1-8(7-17)6-16-11-5-9(12(13)14)3-4-10(11)15-2/h3-5,8,17H,6-7H2,1-2H3. The van der Waals surface area contributed by atoms with Crippen molar-refractivity contribution in [3.05, 3.63) is 28.3 Å². The lowest BCUT2D eigenvalue weighted by atomic mass is 10.2. The van der Waals surface area contributed by atoms with Crippen LogP contribution in [0.5, 0.6) is 11.5 Å². The number of hydrogen-bond donors (Lipinski definition) is 1. The molecule has 0 fully saturated rings. The van der Waals surface area contributed by atoms with E-state index in [1.165, 1.54) is 25.3 Å². The minimum Gasteiger partial charge on any atom is -0.493 e. The summed E-state index contributed by atoms with van der Waals surface area (Å²) in [5.74, 6) is 1.83. The van der Waals surface area contributed by atoms with Gasteiger partial charge in [-0.1, -0.05) is 6.92 Å². The summed E-state index contributed by atoms with van der Waals surface area (Å²) in [7, 11) is 1.50. The average molecular weight is 257 g/mol. The van der Waals surface area contributed by atoms with Gasteiger partial charge in [0.25, 0.3) is 5.69 Å². The fourth-order valence-electron chi connectivity index (χ4n) is 1.18. The van der Waals surface area contributed by atoms with Crippen molar-refractivity contribution >= 4 is 18.3 Å². The van der Waals surface area contributed by atoms with Gasteiger partial charge in [-0.2, -0.15) is 12.6 Å². The molecule has 0 aliphatic carbocycles. The van der Waals surface area contributed by atoms with Crippen LogP contribution in [0.15, 0.2) is 18.2 Å². The molecule has 1 aromatic carbocycles. The monoisotopic (exact) mass is 257 g/mol. The maximum Gasteiger partial charge on any atom is 0.273 e. The van der Waals surface area contributed by atoms with Crippen molar-refractivity contribution in [2.45, 2.75) is 6.92 Å². The van der Waals surface area contributed by atoms with E-state index in [1.54, 1.807) is 0 Å². The van der Waals surface area contributed by atoms with Crippen molar-refractivity contribution in [2.75, 3.05) is 19.5 Å². The Labute approximate surface area is 105 Å². The number of nitrogens with zero attached hydrogens (tertiary/aromatic N) is 1. The SMILES string of the molecule is COc1ccc([N+](=O)[O-])cc1OCC(C)CS. The molecule has 6 heteroatoms. The first-order valence-corrected chi connectivity index (χ1v) is 5.77. The minimum atomic E-state index is -0.464. The number of hydrogen-bond acceptors (Lipinski definition) is 5. The van der Waals surface area contributed by atoms with Gasteiger partial charge >= 0.3 is 0 Å². The number of nitro benzene ring substituents is 1. The van der Waals surface area contributed by atoms with Crippen LogP contribution in [0.25, 0.3) is 0 Å². The van der Waals surface area contributed by atoms with Crippen molar-refractivity contribution in [2.24, 2.45) is 5.92 Å². The normalized spacial score (nSPS) is 11.9. The maximum absolute atomic E-state index is 10.6. The molecule has 1 rings (SSSR count). The quantitative estimate of drug-likeness (QED) is 0.483. The van der Waals surface area contributed by atoms with Gasteiger partial charge < -0.3 is 9.47 Å². The molecule has 1 aromatic rings. The zero-order valence-electron chi connectivity index (χ0n) is 9.75. The van der Waals surface area contributed by atoms with Gasteiger partial charge in [-0.05, 0) is 17.7 Å². The Morgan fingerprint density at radius 1 is 1.47 bits per heavy atom. The first-order chi connectivity index (χ1) is 8.08. The lowest BCUT2D eigenvalue weighted by Crippen LogP contribution is -2.10. The van der Waals surface area contributed by atoms with Crippen LogP contribution in [-0.4, -0.2) is 24.4 Å². The Bertz CT molecular complexity index is 397. The molecule has 0 N–H and O–H groups in total. The number of ether oxygens (including phenoxy) is 2. The second-order valence-electron chi connectivity index (χ2n) is 3.69. The smallest absolute Gasteiger partial charge is 0.273 e. The van der Waals surface area contributed by atoms with E-state index < -0.39 is 4.92 Å². The summed E-state index contributed by atoms with van der Waals surface area (Å²) in [6.45, 7) is 2.43. The number of non-ortho nitro benzene ring substituents is 1. The Kier molecular flexibility index (Phi) is 5.09. The summed E-state index contributed by atoms with van der Waals surface area (Å²) in [6.07, 6.45) is 0. The summed E-state index contributed by atoms with van der Waals surface area (Å²) < 4.78 is 10.6. The lowest BCUT2D eigenvalue weighted by Gasteiger charge is -2.13. The number of methoxy groups -OCH3 is 1. The van der Waals surface area contributed by atoms with Crippen molar-refractivity contribution in [3.63, 3.8) is 0 Å². The number of thiol groups is 1. The summed E-state index contributed by atoms with van der Waals surface area (Å²) in [4.78, 5) is 10.2. The Hall–Kier alpha value is -1.43. The van der Waals surface area contributed by atoms with Crippen molar-refractivity contribution in [1.82, 2.24) is 0 Å². The van der Waals surface area contributed by atoms with Crippen molar-refractivity contribution in [3.8, 4) is 11.5 Å². The predicted octanol–water partition coefficient (Wildman–Crippen LogP) is 2.55. The molecule has 94 valence electrons. The zero-order chi connectivity index (χ0) is 12.8. The van der Waals surface area contributed by atoms with Crippen LogP contribution in [-0.2, 0) is 0 Å². The van der Waals surface area contributed by atoms with Gasteiger partial charge in [-0.25, -0.2) is 0 Å². The molecular weight excluding hydrogens is 242 g/mol. The third-order valence-corrected chi connectivity index (χ3v) is 2.82. The molecule has 0 saturated carbocycles. The number of rotatable bonds is 6. The van der Waals surface area contributed by atoms with E-state index in [4.69, 9.17) is 9.47 Å². The van der Waals surface area contributed by atoms with E-state index in [-0.39, 0.29) is 11.6 Å². The molecule has 0 bridgehead atoms. The van der Waals surface area contributed by atoms with Gasteiger partial charge in [-0.3, -0.25) is 10.1 Å². The highest BCUT2D eigenvalue weighted by molar-refractivity contribution is 7.80. The highest BCUT2D eigenvalue weighted by Crippen LogP contribution is 2.31. The fourth-order valence-corrected chi connectivity index (χ4v) is 1.28. The second kappa shape index (κ2) is 6.34. The molecule has 0 heterocycles. The molecule has 5 nitrogen and oxygen atoms in total. The predicted molar refractivity (Wildman–Crippen MR) is 68.2 cm³/mol. The van der Waals surface area contributed by atoms with Gasteiger partial charge in [0.05, 0.1) is 24.7 Å². The Morgan fingerprint density at radius 3 is 2.71 bits per heavy atom. The van der Waals surface area contributed by atoms with Gasteiger partial charge in [0.15, 0.2) is 11.5 Å². The first-order valence-electron chi connectivity index (χ1n) is 5.14. The zero-order valence-corrected chi connectivity index (χ0v) is 10.6. The van der Waals surface area contributed by atoms with E-state index >= 15 is 0 Å². The van der Waals surface area contributed by atoms with Crippen molar-refractivity contribution < 1.29 is 14.4 Å². The average Bonchev–Trinajstić information content (AvgIpc) is 2.35. The topological polar surface area (TPSA) is 61.6 Å². The van der Waals surface area contributed by atoms with Crippen LogP contribution in [0, 0.1) is 16.0 Å². The maximum atomic E-state index is 10.6. The molecule has 17 heavy (non-hydrogen) atoms. The molecule has 0 aliphatic heterocycles. The summed E-state index contributed by atoms with van der Waals surface area (Å²) in [5, 5.41) is 10.6. The summed E-state index contributed by atoms with van der Waals surface area (Å²) in [6, 6.07) is 4.27. The van der Waals surface area contributed by atoms with Crippen LogP contribution in [0.2, 0.25) is 0 Å². The molecule has 0 saturated heterocycles. The third kappa shape index (κ3) is 3.81. The fraction of sp³-hybridized carbons (Fsp3) is 0.455. The van der Waals surface area contributed by atoms with Gasteiger partial charge in [-0.15, -0.1) is 0 Å². The lowest BCUT2D eigenvalue weighted by molar-refractivity contribution is -0.385. The van der Waals surface area contributed by atoms with Gasteiger partial charge in [0.1, 0.15) is 0 Å². The number of nitro groups is 1. The number of benzene rings is 1.